The number of thiazole rings is 1. The fourth-order valence-corrected chi connectivity index (χ4v) is 4.32. The van der Waals surface area contributed by atoms with Crippen molar-refractivity contribution in [3.63, 3.8) is 0 Å². The van der Waals surface area contributed by atoms with Crippen molar-refractivity contribution in [3.8, 4) is 0 Å². The average Bonchev–Trinajstić information content (AvgIpc) is 3.32. The van der Waals surface area contributed by atoms with Gasteiger partial charge in [-0.3, -0.25) is 0 Å². The Balaban J connectivity index is 1.51. The fourth-order valence-electron chi connectivity index (χ4n) is 3.47. The highest BCUT2D eigenvalue weighted by molar-refractivity contribution is 7.13. The van der Waals surface area contributed by atoms with E-state index >= 15 is 0 Å². The first-order valence-corrected chi connectivity index (χ1v) is 9.56. The third-order valence-corrected chi connectivity index (χ3v) is 5.65. The highest BCUT2D eigenvalue weighted by atomic mass is 32.1. The van der Waals surface area contributed by atoms with E-state index in [9.17, 15) is 5.11 Å². The van der Waals surface area contributed by atoms with Crippen LogP contribution >= 0.6 is 11.3 Å². The number of imidazole rings is 1. The van der Waals surface area contributed by atoms with Gasteiger partial charge in [-0.25, -0.2) is 9.97 Å². The molecule has 0 radical (unpaired) electrons. The molecule has 0 spiro atoms. The number of aromatic nitrogens is 3. The maximum absolute atomic E-state index is 9.24. The van der Waals surface area contributed by atoms with Crippen LogP contribution in [0.3, 0.4) is 0 Å². The zero-order valence-electron chi connectivity index (χ0n) is 14.1. The molecule has 3 heterocycles. The van der Waals surface area contributed by atoms with Crippen molar-refractivity contribution >= 4 is 16.5 Å². The molecule has 130 valence electrons. The molecule has 3 aromatic rings. The van der Waals surface area contributed by atoms with Crippen LogP contribution in [0.4, 0.5) is 5.13 Å². The van der Waals surface area contributed by atoms with Crippen LogP contribution in [0.1, 0.15) is 35.8 Å². The van der Waals surface area contributed by atoms with Crippen LogP contribution < -0.4 is 4.90 Å². The van der Waals surface area contributed by atoms with Crippen molar-refractivity contribution < 1.29 is 5.11 Å². The summed E-state index contributed by atoms with van der Waals surface area (Å²) in [5.41, 5.74) is 2.05. The molecule has 0 amide bonds. The Labute approximate surface area is 151 Å². The molecule has 0 saturated carbocycles. The van der Waals surface area contributed by atoms with Crippen molar-refractivity contribution in [2.75, 3.05) is 18.0 Å². The molecule has 1 aromatic carbocycles. The molecular weight excluding hydrogens is 332 g/mol. The summed E-state index contributed by atoms with van der Waals surface area (Å²) in [4.78, 5) is 11.5. The van der Waals surface area contributed by atoms with Crippen LogP contribution in [-0.4, -0.2) is 32.7 Å². The SMILES string of the molecule is OCc1csc(N2CCC[C@H](c3nccn3Cc3ccccc3)C2)n1. The van der Waals surface area contributed by atoms with Gasteiger partial charge in [-0.2, -0.15) is 0 Å². The van der Waals surface area contributed by atoms with Crippen LogP contribution in [0, 0.1) is 0 Å². The van der Waals surface area contributed by atoms with Crippen LogP contribution in [0.25, 0.3) is 0 Å². The van der Waals surface area contributed by atoms with Crippen LogP contribution in [0.15, 0.2) is 48.1 Å². The van der Waals surface area contributed by atoms with Gasteiger partial charge in [0.2, 0.25) is 0 Å². The molecule has 0 unspecified atom stereocenters. The number of aliphatic hydroxyl groups is 1. The molecule has 1 aliphatic heterocycles. The molecule has 25 heavy (non-hydrogen) atoms. The van der Waals surface area contributed by atoms with Crippen molar-refractivity contribution in [3.05, 3.63) is 65.2 Å². The molecule has 1 aliphatic rings. The number of anilines is 1. The molecule has 5 nitrogen and oxygen atoms in total. The Bertz CT molecular complexity index is 814. The first kappa shape index (κ1) is 16.3. The van der Waals surface area contributed by atoms with Gasteiger partial charge in [0.05, 0.1) is 12.3 Å². The first-order chi connectivity index (χ1) is 12.3. The van der Waals surface area contributed by atoms with Gasteiger partial charge in [0.25, 0.3) is 0 Å². The van der Waals surface area contributed by atoms with E-state index in [1.54, 1.807) is 11.3 Å². The predicted octanol–water partition coefficient (Wildman–Crippen LogP) is 3.26. The number of rotatable bonds is 5. The van der Waals surface area contributed by atoms with Gasteiger partial charge >= 0.3 is 0 Å². The molecule has 1 N–H and O–H groups in total. The topological polar surface area (TPSA) is 54.2 Å². The van der Waals surface area contributed by atoms with Gasteiger partial charge in [0, 0.05) is 43.3 Å². The van der Waals surface area contributed by atoms with Gasteiger partial charge < -0.3 is 14.6 Å². The lowest BCUT2D eigenvalue weighted by atomic mass is 9.97. The van der Waals surface area contributed by atoms with Crippen molar-refractivity contribution in [1.82, 2.24) is 14.5 Å². The molecule has 0 aliphatic carbocycles. The zero-order chi connectivity index (χ0) is 17.1. The summed E-state index contributed by atoms with van der Waals surface area (Å²) in [6, 6.07) is 10.5. The monoisotopic (exact) mass is 354 g/mol. The number of aliphatic hydroxyl groups excluding tert-OH is 1. The number of benzene rings is 1. The Morgan fingerprint density at radius 3 is 2.92 bits per heavy atom. The summed E-state index contributed by atoms with van der Waals surface area (Å²) >= 11 is 1.61. The first-order valence-electron chi connectivity index (χ1n) is 8.68. The van der Waals surface area contributed by atoms with Crippen LogP contribution in [0.2, 0.25) is 0 Å². The maximum Gasteiger partial charge on any atom is 0.185 e. The van der Waals surface area contributed by atoms with Crippen LogP contribution in [-0.2, 0) is 13.2 Å². The smallest absolute Gasteiger partial charge is 0.185 e. The van der Waals surface area contributed by atoms with Gasteiger partial charge in [0.15, 0.2) is 5.13 Å². The van der Waals surface area contributed by atoms with Crippen LogP contribution in [0.5, 0.6) is 0 Å². The standard InChI is InChI=1S/C19H22N4OS/c24-13-17-14-25-19(21-17)23-9-4-7-16(12-23)18-20-8-10-22(18)11-15-5-2-1-3-6-15/h1-3,5-6,8,10,14,16,24H,4,7,9,11-13H2/t16-/m0/s1. The van der Waals surface area contributed by atoms with E-state index < -0.39 is 0 Å². The van der Waals surface area contributed by atoms with Crippen molar-refractivity contribution in [1.29, 1.82) is 0 Å². The summed E-state index contributed by atoms with van der Waals surface area (Å²) in [6.45, 7) is 2.83. The molecule has 0 bridgehead atoms. The molecule has 4 rings (SSSR count). The number of hydrogen-bond acceptors (Lipinski definition) is 5. The van der Waals surface area contributed by atoms with E-state index in [2.05, 4.69) is 49.9 Å². The normalized spacial score (nSPS) is 17.8. The van der Waals surface area contributed by atoms with Crippen molar-refractivity contribution in [2.45, 2.75) is 31.9 Å². The highest BCUT2D eigenvalue weighted by Crippen LogP contribution is 2.31. The van der Waals surface area contributed by atoms with Gasteiger partial charge in [-0.1, -0.05) is 30.3 Å². The summed E-state index contributed by atoms with van der Waals surface area (Å²) in [5.74, 6) is 1.57. The lowest BCUT2D eigenvalue weighted by Gasteiger charge is -2.32. The van der Waals surface area contributed by atoms with Gasteiger partial charge in [0.1, 0.15) is 5.82 Å². The molecule has 1 atom stereocenters. The van der Waals surface area contributed by atoms with E-state index in [4.69, 9.17) is 0 Å². The van der Waals surface area contributed by atoms with E-state index in [0.29, 0.717) is 5.92 Å². The Hall–Kier alpha value is -2.18. The lowest BCUT2D eigenvalue weighted by Crippen LogP contribution is -2.35. The molecule has 1 saturated heterocycles. The molecular formula is C19H22N4OS. The Morgan fingerprint density at radius 2 is 2.12 bits per heavy atom. The molecule has 1 fully saturated rings. The number of nitrogens with zero attached hydrogens (tertiary/aromatic N) is 4. The van der Waals surface area contributed by atoms with E-state index in [1.807, 2.05) is 17.6 Å². The van der Waals surface area contributed by atoms with Gasteiger partial charge in [-0.05, 0) is 18.4 Å². The number of hydrogen-bond donors (Lipinski definition) is 1. The Kier molecular flexibility index (Phi) is 4.81. The summed E-state index contributed by atoms with van der Waals surface area (Å²) in [6.07, 6.45) is 6.27. The minimum atomic E-state index is 0.00918. The third-order valence-electron chi connectivity index (χ3n) is 4.70. The zero-order valence-corrected chi connectivity index (χ0v) is 14.9. The summed E-state index contributed by atoms with van der Waals surface area (Å²) in [5, 5.41) is 12.2. The van der Waals surface area contributed by atoms with Crippen molar-refractivity contribution in [2.24, 2.45) is 0 Å². The third kappa shape index (κ3) is 3.60. The lowest BCUT2D eigenvalue weighted by molar-refractivity contribution is 0.277. The molecule has 6 heteroatoms. The number of piperidine rings is 1. The maximum atomic E-state index is 9.24. The average molecular weight is 354 g/mol. The van der Waals surface area contributed by atoms with Gasteiger partial charge in [-0.15, -0.1) is 11.3 Å². The second-order valence-corrected chi connectivity index (χ2v) is 7.30. The second kappa shape index (κ2) is 7.37. The Morgan fingerprint density at radius 1 is 1.24 bits per heavy atom. The van der Waals surface area contributed by atoms with E-state index in [-0.39, 0.29) is 6.61 Å². The largest absolute Gasteiger partial charge is 0.390 e. The fraction of sp³-hybridized carbons (Fsp3) is 0.368. The van der Waals surface area contributed by atoms with E-state index in [0.717, 1.165) is 49.1 Å². The summed E-state index contributed by atoms with van der Waals surface area (Å²) in [7, 11) is 0. The minimum absolute atomic E-state index is 0.00918. The minimum Gasteiger partial charge on any atom is -0.390 e. The second-order valence-electron chi connectivity index (χ2n) is 6.46. The quantitative estimate of drug-likeness (QED) is 0.764. The summed E-state index contributed by atoms with van der Waals surface area (Å²) < 4.78 is 2.27. The highest BCUT2D eigenvalue weighted by Gasteiger charge is 2.26. The molecule has 2 aromatic heterocycles. The van der Waals surface area contributed by atoms with E-state index in [1.165, 1.54) is 5.56 Å². The predicted molar refractivity (Wildman–Crippen MR) is 100.0 cm³/mol.